The van der Waals surface area contributed by atoms with Gasteiger partial charge in [-0.15, -0.1) is 0 Å². The average Bonchev–Trinajstić information content (AvgIpc) is 2.99. The molecule has 0 unspecified atom stereocenters. The lowest BCUT2D eigenvalue weighted by molar-refractivity contribution is -0.144. The number of carbonyl (C=O) groups excluding carboxylic acids is 2. The summed E-state index contributed by atoms with van der Waals surface area (Å²) in [4.78, 5) is 24.3. The van der Waals surface area contributed by atoms with Crippen molar-refractivity contribution in [3.05, 3.63) is 0 Å². The Balaban J connectivity index is 2.06. The molecule has 0 aliphatic heterocycles. The van der Waals surface area contributed by atoms with Crippen LogP contribution < -0.4 is 5.32 Å². The number of amides is 1. The monoisotopic (exact) mass is 228 g/mol. The van der Waals surface area contributed by atoms with Gasteiger partial charge in [0.25, 0.3) is 0 Å². The van der Waals surface area contributed by atoms with E-state index in [1.54, 1.807) is 18.9 Å². The zero-order chi connectivity index (χ0) is 12.0. The molecule has 0 aromatic carbocycles. The van der Waals surface area contributed by atoms with Gasteiger partial charge in [0.1, 0.15) is 0 Å². The molecule has 1 rings (SSSR count). The first-order valence-corrected chi connectivity index (χ1v) is 5.75. The van der Waals surface area contributed by atoms with Crippen LogP contribution in [0.4, 0.5) is 0 Å². The molecule has 1 aliphatic carbocycles. The SMILES string of the molecule is CCOC(=O)CN(C)CCC(=O)NC1CC1. The molecule has 0 atom stereocenters. The van der Waals surface area contributed by atoms with Gasteiger partial charge in [-0.05, 0) is 26.8 Å². The van der Waals surface area contributed by atoms with E-state index < -0.39 is 0 Å². The highest BCUT2D eigenvalue weighted by Gasteiger charge is 2.23. The average molecular weight is 228 g/mol. The summed E-state index contributed by atoms with van der Waals surface area (Å²) in [6, 6.07) is 0.405. The molecule has 0 spiro atoms. The van der Waals surface area contributed by atoms with Gasteiger partial charge >= 0.3 is 5.97 Å². The summed E-state index contributed by atoms with van der Waals surface area (Å²) in [6.45, 7) is 3.00. The van der Waals surface area contributed by atoms with Crippen LogP contribution in [0.1, 0.15) is 26.2 Å². The summed E-state index contributed by atoms with van der Waals surface area (Å²) in [6.07, 6.45) is 2.64. The first kappa shape index (κ1) is 13.0. The largest absolute Gasteiger partial charge is 0.465 e. The van der Waals surface area contributed by atoms with Crippen LogP contribution in [0.25, 0.3) is 0 Å². The van der Waals surface area contributed by atoms with Crippen LogP contribution in [0.15, 0.2) is 0 Å². The van der Waals surface area contributed by atoms with E-state index in [0.29, 0.717) is 25.6 Å². The van der Waals surface area contributed by atoms with E-state index in [-0.39, 0.29) is 18.4 Å². The summed E-state index contributed by atoms with van der Waals surface area (Å²) >= 11 is 0. The minimum Gasteiger partial charge on any atom is -0.465 e. The lowest BCUT2D eigenvalue weighted by Gasteiger charge is -2.14. The van der Waals surface area contributed by atoms with E-state index in [1.807, 2.05) is 0 Å². The summed E-state index contributed by atoms with van der Waals surface area (Å²) in [5.74, 6) is -0.175. The molecule has 1 fully saturated rings. The maximum atomic E-state index is 11.4. The van der Waals surface area contributed by atoms with E-state index in [0.717, 1.165) is 12.8 Å². The van der Waals surface area contributed by atoms with Crippen molar-refractivity contribution in [2.75, 3.05) is 26.7 Å². The van der Waals surface area contributed by atoms with Gasteiger partial charge in [-0.1, -0.05) is 0 Å². The van der Waals surface area contributed by atoms with Crippen molar-refractivity contribution in [3.63, 3.8) is 0 Å². The van der Waals surface area contributed by atoms with E-state index in [1.165, 1.54) is 0 Å². The molecular formula is C11H20N2O3. The van der Waals surface area contributed by atoms with Crippen LogP contribution in [0.2, 0.25) is 0 Å². The van der Waals surface area contributed by atoms with Crippen molar-refractivity contribution < 1.29 is 14.3 Å². The molecular weight excluding hydrogens is 208 g/mol. The van der Waals surface area contributed by atoms with Crippen LogP contribution in [-0.2, 0) is 14.3 Å². The van der Waals surface area contributed by atoms with Crippen molar-refractivity contribution in [2.24, 2.45) is 0 Å². The lowest BCUT2D eigenvalue weighted by atomic mass is 10.3. The molecule has 5 heteroatoms. The van der Waals surface area contributed by atoms with E-state index in [9.17, 15) is 9.59 Å². The standard InChI is InChI=1S/C11H20N2O3/c1-3-16-11(15)8-13(2)7-6-10(14)12-9-4-5-9/h9H,3-8H2,1-2H3,(H,12,14). The Morgan fingerprint density at radius 3 is 2.69 bits per heavy atom. The third-order valence-corrected chi connectivity index (χ3v) is 2.37. The third-order valence-electron chi connectivity index (χ3n) is 2.37. The molecule has 0 heterocycles. The fourth-order valence-electron chi connectivity index (χ4n) is 1.33. The fourth-order valence-corrected chi connectivity index (χ4v) is 1.33. The Morgan fingerprint density at radius 2 is 2.12 bits per heavy atom. The summed E-state index contributed by atoms with van der Waals surface area (Å²) in [5, 5.41) is 2.91. The predicted molar refractivity (Wildman–Crippen MR) is 59.9 cm³/mol. The first-order chi connectivity index (χ1) is 7.61. The maximum absolute atomic E-state index is 11.4. The van der Waals surface area contributed by atoms with Gasteiger partial charge in [-0.3, -0.25) is 14.5 Å². The Hall–Kier alpha value is -1.10. The van der Waals surface area contributed by atoms with Crippen molar-refractivity contribution in [1.29, 1.82) is 0 Å². The van der Waals surface area contributed by atoms with Crippen molar-refractivity contribution in [1.82, 2.24) is 10.2 Å². The Labute approximate surface area is 96.1 Å². The van der Waals surface area contributed by atoms with Gasteiger partial charge in [0, 0.05) is 19.0 Å². The molecule has 1 aliphatic rings. The normalized spacial score (nSPS) is 14.9. The third kappa shape index (κ3) is 5.70. The smallest absolute Gasteiger partial charge is 0.320 e. The summed E-state index contributed by atoms with van der Waals surface area (Å²) in [5.41, 5.74) is 0. The zero-order valence-corrected chi connectivity index (χ0v) is 9.99. The van der Waals surface area contributed by atoms with Gasteiger partial charge in [-0.2, -0.15) is 0 Å². The summed E-state index contributed by atoms with van der Waals surface area (Å²) < 4.78 is 4.81. The van der Waals surface area contributed by atoms with Crippen molar-refractivity contribution in [2.45, 2.75) is 32.2 Å². The number of nitrogens with zero attached hydrogens (tertiary/aromatic N) is 1. The quantitative estimate of drug-likeness (QED) is 0.630. The zero-order valence-electron chi connectivity index (χ0n) is 9.99. The number of ether oxygens (including phenoxy) is 1. The van der Waals surface area contributed by atoms with E-state index in [2.05, 4.69) is 5.32 Å². The molecule has 0 radical (unpaired) electrons. The van der Waals surface area contributed by atoms with E-state index >= 15 is 0 Å². The molecule has 1 amide bonds. The second-order valence-electron chi connectivity index (χ2n) is 4.13. The van der Waals surface area contributed by atoms with Gasteiger partial charge in [0.15, 0.2) is 0 Å². The molecule has 0 aromatic heterocycles. The highest BCUT2D eigenvalue weighted by atomic mass is 16.5. The minimum atomic E-state index is -0.243. The Morgan fingerprint density at radius 1 is 1.44 bits per heavy atom. The molecule has 1 N–H and O–H groups in total. The number of rotatable bonds is 7. The predicted octanol–water partition coefficient (Wildman–Crippen LogP) is 0.150. The van der Waals surface area contributed by atoms with Crippen LogP contribution in [-0.4, -0.2) is 49.6 Å². The molecule has 16 heavy (non-hydrogen) atoms. The van der Waals surface area contributed by atoms with Gasteiger partial charge < -0.3 is 10.1 Å². The Bertz CT molecular complexity index is 252. The van der Waals surface area contributed by atoms with Crippen molar-refractivity contribution >= 4 is 11.9 Å². The number of carbonyl (C=O) groups is 2. The summed E-state index contributed by atoms with van der Waals surface area (Å²) in [7, 11) is 1.81. The highest BCUT2D eigenvalue weighted by molar-refractivity contribution is 5.77. The van der Waals surface area contributed by atoms with Crippen molar-refractivity contribution in [3.8, 4) is 0 Å². The minimum absolute atomic E-state index is 0.0678. The number of likely N-dealkylation sites (N-methyl/N-ethyl adjacent to an activating group) is 1. The molecule has 0 aromatic rings. The number of hydrogen-bond acceptors (Lipinski definition) is 4. The maximum Gasteiger partial charge on any atom is 0.320 e. The number of nitrogens with one attached hydrogen (secondary N) is 1. The number of hydrogen-bond donors (Lipinski definition) is 1. The second-order valence-corrected chi connectivity index (χ2v) is 4.13. The van der Waals surface area contributed by atoms with Crippen LogP contribution in [0.3, 0.4) is 0 Å². The highest BCUT2D eigenvalue weighted by Crippen LogP contribution is 2.18. The lowest BCUT2D eigenvalue weighted by Crippen LogP contribution is -2.33. The van der Waals surface area contributed by atoms with Gasteiger partial charge in [0.05, 0.1) is 13.2 Å². The van der Waals surface area contributed by atoms with Crippen LogP contribution in [0.5, 0.6) is 0 Å². The van der Waals surface area contributed by atoms with Gasteiger partial charge in [0.2, 0.25) is 5.91 Å². The Kier molecular flexibility index (Phi) is 5.25. The van der Waals surface area contributed by atoms with Gasteiger partial charge in [-0.25, -0.2) is 0 Å². The topological polar surface area (TPSA) is 58.6 Å². The molecule has 1 saturated carbocycles. The first-order valence-electron chi connectivity index (χ1n) is 5.75. The molecule has 0 bridgehead atoms. The molecule has 0 saturated heterocycles. The van der Waals surface area contributed by atoms with Crippen LogP contribution >= 0.6 is 0 Å². The second kappa shape index (κ2) is 6.48. The fraction of sp³-hybridized carbons (Fsp3) is 0.818. The molecule has 5 nitrogen and oxygen atoms in total. The molecule has 92 valence electrons. The number of esters is 1. The van der Waals surface area contributed by atoms with Crippen LogP contribution in [0, 0.1) is 0 Å². The van der Waals surface area contributed by atoms with E-state index in [4.69, 9.17) is 4.74 Å².